The van der Waals surface area contributed by atoms with E-state index in [9.17, 15) is 9.59 Å². The predicted molar refractivity (Wildman–Crippen MR) is 81.1 cm³/mol. The number of piperidine rings is 1. The van der Waals surface area contributed by atoms with Crippen molar-refractivity contribution in [2.45, 2.75) is 19.3 Å². The molecule has 0 bridgehead atoms. The normalized spacial score (nSPS) is 15.1. The van der Waals surface area contributed by atoms with Crippen LogP contribution in [0.15, 0.2) is 30.5 Å². The van der Waals surface area contributed by atoms with Crippen LogP contribution in [0.5, 0.6) is 0 Å². The number of H-pyrrole nitrogens is 1. The van der Waals surface area contributed by atoms with Crippen LogP contribution in [-0.2, 0) is 4.79 Å². The summed E-state index contributed by atoms with van der Waals surface area (Å²) in [5.74, 6) is -0.208. The van der Waals surface area contributed by atoms with Crippen molar-refractivity contribution in [1.82, 2.24) is 15.2 Å². The van der Waals surface area contributed by atoms with Gasteiger partial charge in [0.15, 0.2) is 0 Å². The van der Waals surface area contributed by atoms with Gasteiger partial charge < -0.3 is 15.2 Å². The molecule has 110 valence electrons. The van der Waals surface area contributed by atoms with Crippen LogP contribution in [0.3, 0.4) is 0 Å². The number of rotatable bonds is 3. The molecule has 2 heterocycles. The first-order chi connectivity index (χ1) is 10.3. The van der Waals surface area contributed by atoms with Crippen LogP contribution in [0.4, 0.5) is 0 Å². The molecule has 0 spiro atoms. The summed E-state index contributed by atoms with van der Waals surface area (Å²) in [6, 6.07) is 7.63. The third-order valence-corrected chi connectivity index (χ3v) is 3.94. The minimum atomic E-state index is -0.210. The Kier molecular flexibility index (Phi) is 3.90. The van der Waals surface area contributed by atoms with Crippen molar-refractivity contribution >= 4 is 22.7 Å². The number of amides is 2. The van der Waals surface area contributed by atoms with Gasteiger partial charge in [0.25, 0.3) is 5.91 Å². The van der Waals surface area contributed by atoms with E-state index in [1.54, 1.807) is 6.20 Å². The first-order valence-electron chi connectivity index (χ1n) is 7.38. The molecule has 2 amide bonds. The van der Waals surface area contributed by atoms with E-state index in [-0.39, 0.29) is 18.4 Å². The van der Waals surface area contributed by atoms with Crippen molar-refractivity contribution in [3.05, 3.63) is 36.0 Å². The Hall–Kier alpha value is -2.30. The van der Waals surface area contributed by atoms with Crippen LogP contribution in [0.1, 0.15) is 29.6 Å². The predicted octanol–water partition coefficient (Wildman–Crippen LogP) is 1.91. The zero-order chi connectivity index (χ0) is 14.7. The Morgan fingerprint density at radius 3 is 2.71 bits per heavy atom. The largest absolute Gasteiger partial charge is 0.360 e. The molecule has 1 aliphatic heterocycles. The summed E-state index contributed by atoms with van der Waals surface area (Å²) in [6.45, 7) is 1.68. The molecular weight excluding hydrogens is 266 g/mol. The summed E-state index contributed by atoms with van der Waals surface area (Å²) in [5.41, 5.74) is 1.50. The number of aromatic nitrogens is 1. The number of hydrogen-bond acceptors (Lipinski definition) is 2. The van der Waals surface area contributed by atoms with Crippen molar-refractivity contribution in [2.75, 3.05) is 19.6 Å². The van der Waals surface area contributed by atoms with Gasteiger partial charge in [-0.15, -0.1) is 0 Å². The number of likely N-dealkylation sites (tertiary alicyclic amines) is 1. The van der Waals surface area contributed by atoms with Crippen molar-refractivity contribution < 1.29 is 9.59 Å². The highest BCUT2D eigenvalue weighted by molar-refractivity contribution is 6.07. The van der Waals surface area contributed by atoms with Crippen LogP contribution in [0.2, 0.25) is 0 Å². The van der Waals surface area contributed by atoms with Gasteiger partial charge in [0.2, 0.25) is 5.91 Å². The summed E-state index contributed by atoms with van der Waals surface area (Å²) >= 11 is 0. The fourth-order valence-corrected chi connectivity index (χ4v) is 2.77. The Bertz CT molecular complexity index is 656. The third kappa shape index (κ3) is 2.91. The maximum absolute atomic E-state index is 12.2. The zero-order valence-electron chi connectivity index (χ0n) is 11.9. The average Bonchev–Trinajstić information content (AvgIpc) is 2.97. The van der Waals surface area contributed by atoms with E-state index in [1.807, 2.05) is 29.2 Å². The number of nitrogens with zero attached hydrogens (tertiary/aromatic N) is 1. The molecule has 1 saturated heterocycles. The molecule has 0 aliphatic carbocycles. The highest BCUT2D eigenvalue weighted by atomic mass is 16.2. The quantitative estimate of drug-likeness (QED) is 0.904. The van der Waals surface area contributed by atoms with Gasteiger partial charge in [-0.05, 0) is 25.3 Å². The second kappa shape index (κ2) is 5.99. The molecule has 1 aromatic carbocycles. The van der Waals surface area contributed by atoms with Gasteiger partial charge in [-0.1, -0.05) is 18.2 Å². The highest BCUT2D eigenvalue weighted by Crippen LogP contribution is 2.17. The third-order valence-electron chi connectivity index (χ3n) is 3.94. The first-order valence-corrected chi connectivity index (χ1v) is 7.38. The molecule has 1 fully saturated rings. The average molecular weight is 285 g/mol. The second-order valence-electron chi connectivity index (χ2n) is 5.37. The summed E-state index contributed by atoms with van der Waals surface area (Å²) in [5, 5.41) is 3.60. The maximum Gasteiger partial charge on any atom is 0.253 e. The van der Waals surface area contributed by atoms with E-state index < -0.39 is 0 Å². The minimum Gasteiger partial charge on any atom is -0.360 e. The first kappa shape index (κ1) is 13.7. The molecule has 21 heavy (non-hydrogen) atoms. The Morgan fingerprint density at radius 1 is 1.14 bits per heavy atom. The summed E-state index contributed by atoms with van der Waals surface area (Å²) in [4.78, 5) is 29.1. The SMILES string of the molecule is O=C(NCC(=O)N1CCCCC1)c1c[nH]c2ccccc12. The Balaban J connectivity index is 1.62. The lowest BCUT2D eigenvalue weighted by molar-refractivity contribution is -0.130. The van der Waals surface area contributed by atoms with E-state index in [0.717, 1.165) is 36.8 Å². The van der Waals surface area contributed by atoms with Crippen molar-refractivity contribution in [3.8, 4) is 0 Å². The van der Waals surface area contributed by atoms with E-state index >= 15 is 0 Å². The summed E-state index contributed by atoms with van der Waals surface area (Å²) in [6.07, 6.45) is 4.99. The number of aromatic amines is 1. The highest BCUT2D eigenvalue weighted by Gasteiger charge is 2.18. The van der Waals surface area contributed by atoms with E-state index in [1.165, 1.54) is 6.42 Å². The molecule has 2 N–H and O–H groups in total. The second-order valence-corrected chi connectivity index (χ2v) is 5.37. The number of benzene rings is 1. The number of carbonyl (C=O) groups excluding carboxylic acids is 2. The standard InChI is InChI=1S/C16H19N3O2/c20-15(19-8-4-1-5-9-19)11-18-16(21)13-10-17-14-7-3-2-6-12(13)14/h2-3,6-7,10,17H,1,4-5,8-9,11H2,(H,18,21). The van der Waals surface area contributed by atoms with E-state index in [0.29, 0.717) is 5.56 Å². The molecule has 5 nitrogen and oxygen atoms in total. The van der Waals surface area contributed by atoms with Gasteiger partial charge in [-0.3, -0.25) is 9.59 Å². The molecule has 0 atom stereocenters. The van der Waals surface area contributed by atoms with E-state index in [4.69, 9.17) is 0 Å². The monoisotopic (exact) mass is 285 g/mol. The lowest BCUT2D eigenvalue weighted by Crippen LogP contribution is -2.42. The molecule has 0 radical (unpaired) electrons. The van der Waals surface area contributed by atoms with Gasteiger partial charge in [0.1, 0.15) is 0 Å². The number of para-hydroxylation sites is 1. The van der Waals surface area contributed by atoms with Crippen LogP contribution in [-0.4, -0.2) is 41.3 Å². The van der Waals surface area contributed by atoms with Gasteiger partial charge >= 0.3 is 0 Å². The summed E-state index contributed by atoms with van der Waals surface area (Å²) in [7, 11) is 0. The van der Waals surface area contributed by atoms with Crippen molar-refractivity contribution in [2.24, 2.45) is 0 Å². The van der Waals surface area contributed by atoms with E-state index in [2.05, 4.69) is 10.3 Å². The number of hydrogen-bond donors (Lipinski definition) is 2. The minimum absolute atomic E-state index is 0.00268. The Labute approximate surface area is 123 Å². The molecule has 1 aromatic heterocycles. The lowest BCUT2D eigenvalue weighted by atomic mass is 10.1. The smallest absolute Gasteiger partial charge is 0.253 e. The molecule has 2 aromatic rings. The van der Waals surface area contributed by atoms with Crippen LogP contribution >= 0.6 is 0 Å². The fraction of sp³-hybridized carbons (Fsp3) is 0.375. The molecule has 0 unspecified atom stereocenters. The molecular formula is C16H19N3O2. The number of fused-ring (bicyclic) bond motifs is 1. The molecule has 1 aliphatic rings. The molecule has 5 heteroatoms. The van der Waals surface area contributed by atoms with Crippen molar-refractivity contribution in [3.63, 3.8) is 0 Å². The van der Waals surface area contributed by atoms with Gasteiger partial charge in [0, 0.05) is 30.2 Å². The number of nitrogens with one attached hydrogen (secondary N) is 2. The number of carbonyl (C=O) groups is 2. The van der Waals surface area contributed by atoms with Crippen molar-refractivity contribution in [1.29, 1.82) is 0 Å². The fourth-order valence-electron chi connectivity index (χ4n) is 2.77. The maximum atomic E-state index is 12.2. The van der Waals surface area contributed by atoms with Crippen LogP contribution in [0.25, 0.3) is 10.9 Å². The zero-order valence-corrected chi connectivity index (χ0v) is 11.9. The van der Waals surface area contributed by atoms with Crippen LogP contribution < -0.4 is 5.32 Å². The van der Waals surface area contributed by atoms with Gasteiger partial charge in [-0.25, -0.2) is 0 Å². The van der Waals surface area contributed by atoms with Gasteiger partial charge in [0.05, 0.1) is 12.1 Å². The molecule has 3 rings (SSSR count). The van der Waals surface area contributed by atoms with Crippen LogP contribution in [0, 0.1) is 0 Å². The molecule has 0 saturated carbocycles. The Morgan fingerprint density at radius 2 is 1.90 bits per heavy atom. The summed E-state index contributed by atoms with van der Waals surface area (Å²) < 4.78 is 0. The van der Waals surface area contributed by atoms with Gasteiger partial charge in [-0.2, -0.15) is 0 Å². The topological polar surface area (TPSA) is 65.2 Å². The lowest BCUT2D eigenvalue weighted by Gasteiger charge is -2.26.